The van der Waals surface area contributed by atoms with Gasteiger partial charge in [0.15, 0.2) is 14.3 Å². The van der Waals surface area contributed by atoms with Gasteiger partial charge in [0.1, 0.15) is 0 Å². The van der Waals surface area contributed by atoms with Gasteiger partial charge in [0.05, 0.1) is 0 Å². The Labute approximate surface area is 207 Å². The molecule has 5 rings (SSSR count). The smallest absolute Gasteiger partial charge is 0.171 e. The topological polar surface area (TPSA) is 34.1 Å². The van der Waals surface area contributed by atoms with Crippen LogP contribution in [0.3, 0.4) is 0 Å². The van der Waals surface area contributed by atoms with E-state index in [1.54, 1.807) is 0 Å². The number of hydrogen-bond acceptors (Lipinski definition) is 2. The molecule has 0 saturated carbocycles. The van der Waals surface area contributed by atoms with Gasteiger partial charge in [0, 0.05) is 31.8 Å². The fourth-order valence-electron chi connectivity index (χ4n) is 4.55. The molecule has 35 heavy (non-hydrogen) atoms. The van der Waals surface area contributed by atoms with Gasteiger partial charge in [-0.3, -0.25) is 0 Å². The summed E-state index contributed by atoms with van der Waals surface area (Å²) in [5, 5.41) is 4.43. The van der Waals surface area contributed by atoms with Crippen LogP contribution in [-0.4, -0.2) is 0 Å². The first kappa shape index (κ1) is 23.3. The quantitative estimate of drug-likeness (QED) is 0.303. The highest BCUT2D eigenvalue weighted by atomic mass is 31.2. The van der Waals surface area contributed by atoms with Crippen LogP contribution in [-0.2, 0) is 9.13 Å². The van der Waals surface area contributed by atoms with Crippen molar-refractivity contribution in [1.29, 1.82) is 0 Å². The van der Waals surface area contributed by atoms with Gasteiger partial charge >= 0.3 is 0 Å². The number of rotatable bonds is 6. The Balaban J connectivity index is 1.81. The van der Waals surface area contributed by atoms with Crippen LogP contribution in [0.5, 0.6) is 0 Å². The van der Waals surface area contributed by atoms with E-state index in [2.05, 4.69) is 0 Å². The van der Waals surface area contributed by atoms with Crippen molar-refractivity contribution >= 4 is 46.1 Å². The molecule has 0 spiro atoms. The lowest BCUT2D eigenvalue weighted by molar-refractivity contribution is 0.592. The maximum Gasteiger partial charge on any atom is 0.171 e. The largest absolute Gasteiger partial charge is 0.309 e. The molecule has 0 unspecified atom stereocenters. The summed E-state index contributed by atoms with van der Waals surface area (Å²) in [6.45, 7) is 1.98. The minimum absolute atomic E-state index is 0.692. The van der Waals surface area contributed by atoms with Gasteiger partial charge in [-0.25, -0.2) is 0 Å². The first-order valence-corrected chi connectivity index (χ1v) is 15.0. The number of benzene rings is 5. The molecule has 0 N–H and O–H groups in total. The van der Waals surface area contributed by atoms with Gasteiger partial charge in [-0.15, -0.1) is 0 Å². The molecule has 2 nitrogen and oxygen atoms in total. The van der Waals surface area contributed by atoms with E-state index in [0.717, 1.165) is 26.8 Å². The minimum Gasteiger partial charge on any atom is -0.309 e. The second-order valence-corrected chi connectivity index (χ2v) is 14.1. The summed E-state index contributed by atoms with van der Waals surface area (Å²) in [4.78, 5) is 0. The molecule has 172 valence electrons. The Hall–Kier alpha value is -3.44. The van der Waals surface area contributed by atoms with Crippen LogP contribution in [0, 0.1) is 6.92 Å². The summed E-state index contributed by atoms with van der Waals surface area (Å²) in [6, 6.07) is 44.3. The third kappa shape index (κ3) is 4.25. The van der Waals surface area contributed by atoms with E-state index in [1.807, 2.05) is 146 Å². The van der Waals surface area contributed by atoms with Crippen LogP contribution in [0.15, 0.2) is 140 Å². The van der Waals surface area contributed by atoms with E-state index >= 15 is 9.13 Å². The Morgan fingerprint density at radius 3 is 0.886 bits per heavy atom. The van der Waals surface area contributed by atoms with E-state index in [0.29, 0.717) is 10.6 Å². The predicted molar refractivity (Wildman–Crippen MR) is 150 cm³/mol. The summed E-state index contributed by atoms with van der Waals surface area (Å²) in [6.07, 6.45) is 0. The zero-order valence-electron chi connectivity index (χ0n) is 19.5. The molecular weight excluding hydrogens is 466 g/mol. The second-order valence-electron chi connectivity index (χ2n) is 8.59. The van der Waals surface area contributed by atoms with Gasteiger partial charge in [-0.1, -0.05) is 121 Å². The molecule has 4 heteroatoms. The van der Waals surface area contributed by atoms with Crippen LogP contribution in [0.4, 0.5) is 0 Å². The lowest BCUT2D eigenvalue weighted by Gasteiger charge is -2.24. The van der Waals surface area contributed by atoms with E-state index in [4.69, 9.17) is 0 Å². The third-order valence-electron chi connectivity index (χ3n) is 6.25. The molecule has 0 amide bonds. The molecule has 0 bridgehead atoms. The SMILES string of the molecule is Cc1cc(P(=O)(c2ccccc2)c2ccccc2)cc(P(=O)(c2ccccc2)c2ccccc2)c1. The fraction of sp³-hybridized carbons (Fsp3) is 0.0323. The summed E-state index contributed by atoms with van der Waals surface area (Å²) >= 11 is 0. The molecule has 0 heterocycles. The average molecular weight is 492 g/mol. The zero-order valence-corrected chi connectivity index (χ0v) is 21.3. The minimum atomic E-state index is -3.20. The van der Waals surface area contributed by atoms with Crippen molar-refractivity contribution in [3.8, 4) is 0 Å². The Morgan fingerprint density at radius 1 is 0.371 bits per heavy atom. The molecule has 0 aliphatic rings. The highest BCUT2D eigenvalue weighted by Crippen LogP contribution is 2.46. The monoisotopic (exact) mass is 492 g/mol. The summed E-state index contributed by atoms with van der Waals surface area (Å²) in [5.41, 5.74) is 0.927. The van der Waals surface area contributed by atoms with E-state index in [-0.39, 0.29) is 0 Å². The maximum absolute atomic E-state index is 15.0. The van der Waals surface area contributed by atoms with Crippen LogP contribution in [0.1, 0.15) is 5.56 Å². The fourth-order valence-corrected chi connectivity index (χ4v) is 10.2. The van der Waals surface area contributed by atoms with E-state index in [9.17, 15) is 0 Å². The lowest BCUT2D eigenvalue weighted by Crippen LogP contribution is -2.30. The van der Waals surface area contributed by atoms with Crippen molar-refractivity contribution < 1.29 is 9.13 Å². The first-order chi connectivity index (χ1) is 17.0. The van der Waals surface area contributed by atoms with Crippen molar-refractivity contribution in [1.82, 2.24) is 0 Å². The van der Waals surface area contributed by atoms with E-state index < -0.39 is 14.3 Å². The van der Waals surface area contributed by atoms with Crippen LogP contribution in [0.2, 0.25) is 0 Å². The van der Waals surface area contributed by atoms with Crippen molar-refractivity contribution in [2.24, 2.45) is 0 Å². The lowest BCUT2D eigenvalue weighted by atomic mass is 10.2. The van der Waals surface area contributed by atoms with Crippen LogP contribution in [0.25, 0.3) is 0 Å². The van der Waals surface area contributed by atoms with E-state index in [1.165, 1.54) is 0 Å². The summed E-state index contributed by atoms with van der Waals surface area (Å²) in [5.74, 6) is 0. The number of aryl methyl sites for hydroxylation is 1. The van der Waals surface area contributed by atoms with Crippen LogP contribution < -0.4 is 31.8 Å². The summed E-state index contributed by atoms with van der Waals surface area (Å²) < 4.78 is 30.1. The Bertz CT molecular complexity index is 1330. The first-order valence-electron chi connectivity index (χ1n) is 11.6. The van der Waals surface area contributed by atoms with Crippen molar-refractivity contribution in [2.45, 2.75) is 6.92 Å². The van der Waals surface area contributed by atoms with Gasteiger partial charge in [-0.2, -0.15) is 0 Å². The van der Waals surface area contributed by atoms with Gasteiger partial charge in [-0.05, 0) is 30.7 Å². The van der Waals surface area contributed by atoms with Gasteiger partial charge in [0.2, 0.25) is 0 Å². The van der Waals surface area contributed by atoms with Crippen molar-refractivity contribution in [3.63, 3.8) is 0 Å². The Kier molecular flexibility index (Phi) is 6.44. The highest BCUT2D eigenvalue weighted by molar-refractivity contribution is 7.86. The molecule has 0 radical (unpaired) electrons. The molecule has 0 atom stereocenters. The highest BCUT2D eigenvalue weighted by Gasteiger charge is 2.34. The predicted octanol–water partition coefficient (Wildman–Crippen LogP) is 5.27. The van der Waals surface area contributed by atoms with Crippen LogP contribution >= 0.6 is 14.3 Å². The molecule has 0 aliphatic heterocycles. The normalized spacial score (nSPS) is 11.8. The third-order valence-corrected chi connectivity index (χ3v) is 12.3. The molecule has 0 fully saturated rings. The molecule has 5 aromatic rings. The van der Waals surface area contributed by atoms with Gasteiger partial charge in [0.25, 0.3) is 0 Å². The molecule has 5 aromatic carbocycles. The molecule has 0 saturated heterocycles. The zero-order chi connectivity index (χ0) is 24.3. The standard InChI is InChI=1S/C31H26O2P2/c1-25-22-30(34(32,26-14-6-2-7-15-26)27-16-8-3-9-17-27)24-31(23-25)35(33,28-18-10-4-11-19-28)29-20-12-5-13-21-29/h2-24H,1H3. The average Bonchev–Trinajstić information content (AvgIpc) is 2.93. The summed E-state index contributed by atoms with van der Waals surface area (Å²) in [7, 11) is -6.41. The van der Waals surface area contributed by atoms with Gasteiger partial charge < -0.3 is 9.13 Å². The molecule has 0 aromatic heterocycles. The molecule has 0 aliphatic carbocycles. The van der Waals surface area contributed by atoms with Crippen molar-refractivity contribution in [2.75, 3.05) is 0 Å². The Morgan fingerprint density at radius 2 is 0.629 bits per heavy atom. The second kappa shape index (κ2) is 9.67. The number of hydrogen-bond donors (Lipinski definition) is 0. The van der Waals surface area contributed by atoms with Crippen molar-refractivity contribution in [3.05, 3.63) is 145 Å². The maximum atomic E-state index is 15.0. The molecular formula is C31H26O2P2.